The van der Waals surface area contributed by atoms with Crippen molar-refractivity contribution in [3.8, 4) is 0 Å². The Kier molecular flexibility index (Phi) is 4.85. The van der Waals surface area contributed by atoms with Gasteiger partial charge in [-0.1, -0.05) is 6.92 Å². The average Bonchev–Trinajstić information content (AvgIpc) is 2.33. The normalized spacial score (nSPS) is 28.8. The van der Waals surface area contributed by atoms with Gasteiger partial charge in [0, 0.05) is 18.3 Å². The van der Waals surface area contributed by atoms with Gasteiger partial charge in [0.05, 0.1) is 13.5 Å². The molecular weight excluding hydrogens is 220 g/mol. The van der Waals surface area contributed by atoms with Gasteiger partial charge < -0.3 is 9.53 Å². The summed E-state index contributed by atoms with van der Waals surface area (Å²) in [6.07, 6.45) is 4.11. The molecule has 0 heterocycles. The van der Waals surface area contributed by atoms with Crippen LogP contribution in [0.4, 0.5) is 0 Å². The smallest absolute Gasteiger partial charge is 0.306 e. The van der Waals surface area contributed by atoms with Gasteiger partial charge in [-0.15, -0.1) is 0 Å². The summed E-state index contributed by atoms with van der Waals surface area (Å²) in [7, 11) is 1.34. The topological polar surface area (TPSA) is 60.4 Å². The zero-order valence-corrected chi connectivity index (χ0v) is 10.5. The number of hydrogen-bond acceptors (Lipinski definition) is 4. The van der Waals surface area contributed by atoms with Crippen LogP contribution in [0.1, 0.15) is 45.4 Å². The summed E-state index contributed by atoms with van der Waals surface area (Å²) in [5.41, 5.74) is -0.549. The van der Waals surface area contributed by atoms with Gasteiger partial charge in [0.25, 0.3) is 0 Å². The van der Waals surface area contributed by atoms with Crippen molar-refractivity contribution in [3.63, 3.8) is 0 Å². The van der Waals surface area contributed by atoms with Gasteiger partial charge in [0.2, 0.25) is 0 Å². The lowest BCUT2D eigenvalue weighted by molar-refractivity contribution is -0.149. The Bertz CT molecular complexity index is 311. The Morgan fingerprint density at radius 3 is 2.76 bits per heavy atom. The maximum absolute atomic E-state index is 12.2. The van der Waals surface area contributed by atoms with Crippen molar-refractivity contribution in [1.29, 1.82) is 0 Å². The lowest BCUT2D eigenvalue weighted by Gasteiger charge is -2.37. The van der Waals surface area contributed by atoms with E-state index in [2.05, 4.69) is 4.74 Å². The second-order valence-corrected chi connectivity index (χ2v) is 4.82. The molecule has 1 saturated carbocycles. The molecule has 0 spiro atoms. The number of ether oxygens (including phenoxy) is 1. The maximum atomic E-state index is 12.2. The number of ketones is 1. The Morgan fingerprint density at radius 1 is 1.59 bits per heavy atom. The number of esters is 1. The van der Waals surface area contributed by atoms with E-state index in [4.69, 9.17) is 0 Å². The minimum Gasteiger partial charge on any atom is -0.469 e. The molecule has 0 aromatic carbocycles. The zero-order chi connectivity index (χ0) is 12.9. The van der Waals surface area contributed by atoms with Crippen LogP contribution in [-0.4, -0.2) is 25.1 Å². The van der Waals surface area contributed by atoms with Gasteiger partial charge in [-0.05, 0) is 25.2 Å². The van der Waals surface area contributed by atoms with Crippen LogP contribution in [0.3, 0.4) is 0 Å². The van der Waals surface area contributed by atoms with E-state index >= 15 is 0 Å². The van der Waals surface area contributed by atoms with Crippen LogP contribution in [0.5, 0.6) is 0 Å². The fourth-order valence-corrected chi connectivity index (χ4v) is 2.57. The Hall–Kier alpha value is -1.19. The van der Waals surface area contributed by atoms with Crippen LogP contribution < -0.4 is 0 Å². The van der Waals surface area contributed by atoms with Gasteiger partial charge in [-0.25, -0.2) is 0 Å². The molecule has 0 radical (unpaired) electrons. The number of carbonyl (C=O) groups is 3. The zero-order valence-electron chi connectivity index (χ0n) is 10.5. The fourth-order valence-electron chi connectivity index (χ4n) is 2.57. The third kappa shape index (κ3) is 3.14. The Labute approximate surface area is 102 Å². The van der Waals surface area contributed by atoms with E-state index in [1.165, 1.54) is 7.11 Å². The van der Waals surface area contributed by atoms with Crippen LogP contribution in [-0.2, 0) is 19.1 Å². The molecule has 0 aromatic heterocycles. The van der Waals surface area contributed by atoms with Crippen molar-refractivity contribution in [2.24, 2.45) is 11.3 Å². The molecule has 0 bridgehead atoms. The second-order valence-electron chi connectivity index (χ2n) is 4.82. The molecule has 4 nitrogen and oxygen atoms in total. The van der Waals surface area contributed by atoms with E-state index in [9.17, 15) is 14.4 Å². The van der Waals surface area contributed by atoms with Crippen molar-refractivity contribution in [1.82, 2.24) is 0 Å². The first-order valence-corrected chi connectivity index (χ1v) is 6.11. The standard InChI is InChI=1S/C13H20O4/c1-3-13(9-12(16)17-2)6-4-10(5-7-14)8-11(13)15/h7,10H,3-6,8-9H2,1-2H3. The lowest BCUT2D eigenvalue weighted by Crippen LogP contribution is -2.39. The summed E-state index contributed by atoms with van der Waals surface area (Å²) >= 11 is 0. The highest BCUT2D eigenvalue weighted by molar-refractivity contribution is 5.89. The molecule has 0 N–H and O–H groups in total. The number of carbonyl (C=O) groups excluding carboxylic acids is 3. The quantitative estimate of drug-likeness (QED) is 0.544. The van der Waals surface area contributed by atoms with Crippen molar-refractivity contribution in [2.45, 2.75) is 45.4 Å². The SMILES string of the molecule is CCC1(CC(=O)OC)CCC(CC=O)CC1=O. The fraction of sp³-hybridized carbons (Fsp3) is 0.769. The molecule has 1 fully saturated rings. The number of aldehydes is 1. The lowest BCUT2D eigenvalue weighted by atomic mass is 9.66. The molecule has 2 atom stereocenters. The molecule has 96 valence electrons. The molecule has 4 heteroatoms. The number of hydrogen-bond donors (Lipinski definition) is 0. The Morgan fingerprint density at radius 2 is 2.29 bits per heavy atom. The van der Waals surface area contributed by atoms with E-state index in [-0.39, 0.29) is 24.1 Å². The summed E-state index contributed by atoms with van der Waals surface area (Å²) in [5, 5.41) is 0. The van der Waals surface area contributed by atoms with Gasteiger partial charge in [-0.3, -0.25) is 9.59 Å². The predicted octanol–water partition coefficient (Wildman–Crippen LogP) is 1.90. The summed E-state index contributed by atoms with van der Waals surface area (Å²) in [6, 6.07) is 0. The minimum atomic E-state index is -0.549. The van der Waals surface area contributed by atoms with Crippen LogP contribution in [0, 0.1) is 11.3 Å². The van der Waals surface area contributed by atoms with Gasteiger partial charge in [-0.2, -0.15) is 0 Å². The van der Waals surface area contributed by atoms with Crippen LogP contribution in [0.2, 0.25) is 0 Å². The molecule has 1 rings (SSSR count). The second kappa shape index (κ2) is 5.94. The number of methoxy groups -OCH3 is 1. The Balaban J connectivity index is 2.71. The van der Waals surface area contributed by atoms with Crippen LogP contribution in [0.25, 0.3) is 0 Å². The van der Waals surface area contributed by atoms with E-state index < -0.39 is 5.41 Å². The highest BCUT2D eigenvalue weighted by atomic mass is 16.5. The summed E-state index contributed by atoms with van der Waals surface area (Å²) in [4.78, 5) is 34.0. The summed E-state index contributed by atoms with van der Waals surface area (Å²) in [6.45, 7) is 1.93. The van der Waals surface area contributed by atoms with Crippen molar-refractivity contribution in [3.05, 3.63) is 0 Å². The van der Waals surface area contributed by atoms with Crippen molar-refractivity contribution >= 4 is 18.0 Å². The molecule has 0 aromatic rings. The largest absolute Gasteiger partial charge is 0.469 e. The third-order valence-corrected chi connectivity index (χ3v) is 3.91. The minimum absolute atomic E-state index is 0.114. The first-order valence-electron chi connectivity index (χ1n) is 6.11. The number of Topliss-reactive ketones (excluding diaryl/α,β-unsaturated/α-hetero) is 1. The van der Waals surface area contributed by atoms with Gasteiger partial charge in [0.15, 0.2) is 0 Å². The average molecular weight is 240 g/mol. The van der Waals surface area contributed by atoms with Crippen molar-refractivity contribution < 1.29 is 19.1 Å². The predicted molar refractivity (Wildman–Crippen MR) is 62.4 cm³/mol. The third-order valence-electron chi connectivity index (χ3n) is 3.91. The van der Waals surface area contributed by atoms with E-state index in [1.54, 1.807) is 0 Å². The molecule has 2 unspecified atom stereocenters. The van der Waals surface area contributed by atoms with E-state index in [0.717, 1.165) is 12.7 Å². The molecule has 17 heavy (non-hydrogen) atoms. The highest BCUT2D eigenvalue weighted by Crippen LogP contribution is 2.42. The van der Waals surface area contributed by atoms with Gasteiger partial charge in [0.1, 0.15) is 12.1 Å². The molecule has 1 aliphatic carbocycles. The highest BCUT2D eigenvalue weighted by Gasteiger charge is 2.42. The molecule has 1 aliphatic rings. The van der Waals surface area contributed by atoms with Gasteiger partial charge >= 0.3 is 5.97 Å². The molecule has 0 aliphatic heterocycles. The molecule has 0 amide bonds. The number of rotatable bonds is 5. The first kappa shape index (κ1) is 13.9. The first-order chi connectivity index (χ1) is 8.07. The van der Waals surface area contributed by atoms with E-state index in [1.807, 2.05) is 6.92 Å². The monoisotopic (exact) mass is 240 g/mol. The van der Waals surface area contributed by atoms with Crippen LogP contribution >= 0.6 is 0 Å². The van der Waals surface area contributed by atoms with Crippen LogP contribution in [0.15, 0.2) is 0 Å². The molecular formula is C13H20O4. The summed E-state index contributed by atoms with van der Waals surface area (Å²) in [5.74, 6) is -0.0464. The summed E-state index contributed by atoms with van der Waals surface area (Å²) < 4.78 is 4.66. The maximum Gasteiger partial charge on any atom is 0.306 e. The molecule has 0 saturated heterocycles. The van der Waals surface area contributed by atoms with E-state index in [0.29, 0.717) is 25.7 Å². The van der Waals surface area contributed by atoms with Crippen molar-refractivity contribution in [2.75, 3.05) is 7.11 Å².